The van der Waals surface area contributed by atoms with Crippen LogP contribution in [0.2, 0.25) is 0 Å². The van der Waals surface area contributed by atoms with Crippen LogP contribution in [-0.4, -0.2) is 47.3 Å². The lowest BCUT2D eigenvalue weighted by molar-refractivity contribution is -0.116. The third-order valence-electron chi connectivity index (χ3n) is 3.28. The van der Waals surface area contributed by atoms with E-state index in [4.69, 9.17) is 4.74 Å². The highest BCUT2D eigenvalue weighted by Gasteiger charge is 2.22. The molecule has 2 heterocycles. The summed E-state index contributed by atoms with van der Waals surface area (Å²) in [6, 6.07) is 0. The highest BCUT2D eigenvalue weighted by atomic mass is 32.1. The maximum absolute atomic E-state index is 12.5. The minimum Gasteiger partial charge on any atom is -0.383 e. The van der Waals surface area contributed by atoms with Crippen molar-refractivity contribution < 1.29 is 14.3 Å². The fraction of sp³-hybridized carbons (Fsp3) is 0.533. The molecule has 0 radical (unpaired) electrons. The molecule has 0 aliphatic rings. The lowest BCUT2D eigenvalue weighted by Gasteiger charge is -2.16. The van der Waals surface area contributed by atoms with Gasteiger partial charge in [-0.2, -0.15) is 0 Å². The number of nitrogens with one attached hydrogen (secondary N) is 1. The van der Waals surface area contributed by atoms with E-state index in [2.05, 4.69) is 20.5 Å². The lowest BCUT2D eigenvalue weighted by Crippen LogP contribution is -2.31. The number of rotatable bonds is 7. The van der Waals surface area contributed by atoms with Gasteiger partial charge in [0.15, 0.2) is 5.13 Å². The SMILES string of the molecule is COCCN(C(C)=O)c1nc(C)c(C(=O)Nc2nnc(C(C)C)s2)s1. The summed E-state index contributed by atoms with van der Waals surface area (Å²) in [5.74, 6) is -0.198. The van der Waals surface area contributed by atoms with E-state index in [1.165, 1.54) is 34.5 Å². The summed E-state index contributed by atoms with van der Waals surface area (Å²) in [6.07, 6.45) is 0. The monoisotopic (exact) mass is 383 g/mol. The van der Waals surface area contributed by atoms with Crippen molar-refractivity contribution in [2.75, 3.05) is 30.5 Å². The fourth-order valence-electron chi connectivity index (χ4n) is 1.95. The normalized spacial score (nSPS) is 11.0. The van der Waals surface area contributed by atoms with E-state index in [-0.39, 0.29) is 17.7 Å². The van der Waals surface area contributed by atoms with E-state index >= 15 is 0 Å². The van der Waals surface area contributed by atoms with Crippen LogP contribution in [0.4, 0.5) is 10.3 Å². The number of carbonyl (C=O) groups excluding carboxylic acids is 2. The second-order valence-corrected chi connectivity index (χ2v) is 7.62. The van der Waals surface area contributed by atoms with Crippen LogP contribution in [0.5, 0.6) is 0 Å². The van der Waals surface area contributed by atoms with Crippen LogP contribution in [0.15, 0.2) is 0 Å². The molecule has 136 valence electrons. The number of aromatic nitrogens is 3. The first kappa shape index (κ1) is 19.4. The van der Waals surface area contributed by atoms with Crippen molar-refractivity contribution in [2.45, 2.75) is 33.6 Å². The zero-order valence-corrected chi connectivity index (χ0v) is 16.5. The number of hydrogen-bond donors (Lipinski definition) is 1. The van der Waals surface area contributed by atoms with Gasteiger partial charge in [0, 0.05) is 20.0 Å². The topological polar surface area (TPSA) is 97.3 Å². The smallest absolute Gasteiger partial charge is 0.269 e. The predicted molar refractivity (Wildman–Crippen MR) is 98.7 cm³/mol. The van der Waals surface area contributed by atoms with Crippen molar-refractivity contribution in [1.29, 1.82) is 0 Å². The van der Waals surface area contributed by atoms with Crippen molar-refractivity contribution in [1.82, 2.24) is 15.2 Å². The molecule has 2 aromatic rings. The number of carbonyl (C=O) groups is 2. The van der Waals surface area contributed by atoms with Crippen LogP contribution in [-0.2, 0) is 9.53 Å². The van der Waals surface area contributed by atoms with Crippen LogP contribution >= 0.6 is 22.7 Å². The van der Waals surface area contributed by atoms with Gasteiger partial charge in [0.1, 0.15) is 9.88 Å². The predicted octanol–water partition coefficient (Wildman–Crippen LogP) is 2.68. The van der Waals surface area contributed by atoms with Crippen molar-refractivity contribution in [3.63, 3.8) is 0 Å². The number of thiazole rings is 1. The largest absolute Gasteiger partial charge is 0.383 e. The summed E-state index contributed by atoms with van der Waals surface area (Å²) in [4.78, 5) is 30.6. The zero-order chi connectivity index (χ0) is 18.6. The summed E-state index contributed by atoms with van der Waals surface area (Å²) in [5, 5.41) is 12.6. The Bertz CT molecular complexity index is 756. The number of aryl methyl sites for hydroxylation is 1. The molecule has 0 aliphatic heterocycles. The Balaban J connectivity index is 2.17. The van der Waals surface area contributed by atoms with Gasteiger partial charge in [0.25, 0.3) is 5.91 Å². The number of amides is 2. The lowest BCUT2D eigenvalue weighted by atomic mass is 10.2. The molecule has 0 saturated heterocycles. The second-order valence-electron chi connectivity index (χ2n) is 5.63. The number of methoxy groups -OCH3 is 1. The molecule has 2 aromatic heterocycles. The molecule has 0 aromatic carbocycles. The molecule has 0 aliphatic carbocycles. The van der Waals surface area contributed by atoms with Crippen molar-refractivity contribution in [3.05, 3.63) is 15.6 Å². The molecule has 2 rings (SSSR count). The van der Waals surface area contributed by atoms with Crippen molar-refractivity contribution >= 4 is 44.8 Å². The molecule has 0 unspecified atom stereocenters. The number of anilines is 2. The minimum absolute atomic E-state index is 0.150. The highest BCUT2D eigenvalue weighted by molar-refractivity contribution is 7.18. The first-order valence-corrected chi connectivity index (χ1v) is 9.36. The van der Waals surface area contributed by atoms with Gasteiger partial charge in [0.05, 0.1) is 18.8 Å². The third-order valence-corrected chi connectivity index (χ3v) is 5.59. The highest BCUT2D eigenvalue weighted by Crippen LogP contribution is 2.28. The molecule has 0 saturated carbocycles. The first-order chi connectivity index (χ1) is 11.8. The van der Waals surface area contributed by atoms with Crippen LogP contribution in [0.25, 0.3) is 0 Å². The fourth-order valence-corrected chi connectivity index (χ4v) is 3.72. The van der Waals surface area contributed by atoms with E-state index < -0.39 is 0 Å². The summed E-state index contributed by atoms with van der Waals surface area (Å²) in [6.45, 7) is 8.00. The van der Waals surface area contributed by atoms with Gasteiger partial charge in [0.2, 0.25) is 11.0 Å². The summed E-state index contributed by atoms with van der Waals surface area (Å²) >= 11 is 2.52. The quantitative estimate of drug-likeness (QED) is 0.789. The van der Waals surface area contributed by atoms with Gasteiger partial charge in [-0.25, -0.2) is 4.98 Å². The Morgan fingerprint density at radius 3 is 2.56 bits per heavy atom. The molecule has 0 spiro atoms. The molecule has 0 bridgehead atoms. The maximum Gasteiger partial charge on any atom is 0.269 e. The first-order valence-electron chi connectivity index (χ1n) is 7.72. The molecule has 2 amide bonds. The third kappa shape index (κ3) is 4.80. The van der Waals surface area contributed by atoms with Gasteiger partial charge in [-0.05, 0) is 6.92 Å². The van der Waals surface area contributed by atoms with Gasteiger partial charge >= 0.3 is 0 Å². The van der Waals surface area contributed by atoms with E-state index in [0.29, 0.717) is 34.0 Å². The average molecular weight is 383 g/mol. The Labute approximate surface area is 154 Å². The average Bonchev–Trinajstić information content (AvgIpc) is 3.14. The van der Waals surface area contributed by atoms with Crippen molar-refractivity contribution in [2.24, 2.45) is 0 Å². The second kappa shape index (κ2) is 8.45. The van der Waals surface area contributed by atoms with E-state index in [9.17, 15) is 9.59 Å². The maximum atomic E-state index is 12.5. The minimum atomic E-state index is -0.303. The van der Waals surface area contributed by atoms with Crippen LogP contribution in [0, 0.1) is 6.92 Å². The number of nitrogens with zero attached hydrogens (tertiary/aromatic N) is 4. The summed E-state index contributed by atoms with van der Waals surface area (Å²) in [7, 11) is 1.57. The molecule has 10 heteroatoms. The summed E-state index contributed by atoms with van der Waals surface area (Å²) in [5.41, 5.74) is 0.565. The Morgan fingerprint density at radius 2 is 2.00 bits per heavy atom. The molecular formula is C15H21N5O3S2. The van der Waals surface area contributed by atoms with E-state index in [1.54, 1.807) is 14.0 Å². The van der Waals surface area contributed by atoms with Gasteiger partial charge < -0.3 is 4.74 Å². The molecule has 0 fully saturated rings. The number of ether oxygens (including phenoxy) is 1. The van der Waals surface area contributed by atoms with Gasteiger partial charge in [-0.15, -0.1) is 10.2 Å². The van der Waals surface area contributed by atoms with Gasteiger partial charge in [-0.1, -0.05) is 36.5 Å². The van der Waals surface area contributed by atoms with Crippen molar-refractivity contribution in [3.8, 4) is 0 Å². The zero-order valence-electron chi connectivity index (χ0n) is 14.8. The van der Waals surface area contributed by atoms with Crippen LogP contribution in [0.1, 0.15) is 47.1 Å². The van der Waals surface area contributed by atoms with Gasteiger partial charge in [-0.3, -0.25) is 19.8 Å². The standard InChI is InChI=1S/C15H21N5O3S2/c1-8(2)13-18-19-14(25-13)17-12(22)11-9(3)16-15(24-11)20(10(4)21)6-7-23-5/h8H,6-7H2,1-5H3,(H,17,19,22). The Morgan fingerprint density at radius 1 is 1.28 bits per heavy atom. The molecule has 0 atom stereocenters. The molecule has 8 nitrogen and oxygen atoms in total. The Kier molecular flexibility index (Phi) is 6.57. The summed E-state index contributed by atoms with van der Waals surface area (Å²) < 4.78 is 5.02. The van der Waals surface area contributed by atoms with E-state index in [1.807, 2.05) is 13.8 Å². The van der Waals surface area contributed by atoms with Crippen LogP contribution < -0.4 is 10.2 Å². The Hall–Kier alpha value is -1.91. The van der Waals surface area contributed by atoms with E-state index in [0.717, 1.165) is 5.01 Å². The van der Waals surface area contributed by atoms with Crippen LogP contribution in [0.3, 0.4) is 0 Å². The molecule has 25 heavy (non-hydrogen) atoms. The molecular weight excluding hydrogens is 362 g/mol. The molecule has 1 N–H and O–H groups in total. The number of hydrogen-bond acceptors (Lipinski definition) is 8.